The Kier molecular flexibility index (Phi) is 7.64. The van der Waals surface area contributed by atoms with E-state index in [1.54, 1.807) is 6.07 Å². The first kappa shape index (κ1) is 27.1. The number of rotatable bonds is 9. The van der Waals surface area contributed by atoms with Crippen LogP contribution in [-0.2, 0) is 24.1 Å². The molecule has 9 heteroatoms. The Hall–Kier alpha value is -5.05. The molecule has 3 aromatic carbocycles. The highest BCUT2D eigenvalue weighted by atomic mass is 16.5. The lowest BCUT2D eigenvalue weighted by Gasteiger charge is -2.24. The van der Waals surface area contributed by atoms with Gasteiger partial charge in [-0.3, -0.25) is 9.48 Å². The first-order valence-corrected chi connectivity index (χ1v) is 14.2. The summed E-state index contributed by atoms with van der Waals surface area (Å²) >= 11 is 0. The summed E-state index contributed by atoms with van der Waals surface area (Å²) in [6.45, 7) is 2.80. The number of H-pyrrole nitrogens is 1. The maximum absolute atomic E-state index is 14.1. The lowest BCUT2D eigenvalue weighted by atomic mass is 9.96. The summed E-state index contributed by atoms with van der Waals surface area (Å²) in [6, 6.07) is 23.3. The molecule has 1 atom stereocenters. The van der Waals surface area contributed by atoms with Gasteiger partial charge in [0.15, 0.2) is 0 Å². The Labute approximate surface area is 243 Å². The predicted octanol–water partition coefficient (Wildman–Crippen LogP) is 5.38. The van der Waals surface area contributed by atoms with Gasteiger partial charge in [-0.1, -0.05) is 86.2 Å². The molecule has 0 saturated carbocycles. The number of esters is 1. The SMILES string of the molecule is CCCCc1c(Cc2ccc(-c3ccccc3-c3nn[nH]n3)cc2)c(=O)n2n1CC=CC2c1cccc(C(=O)OC)c1. The summed E-state index contributed by atoms with van der Waals surface area (Å²) in [5, 5.41) is 14.5. The van der Waals surface area contributed by atoms with Gasteiger partial charge in [0.25, 0.3) is 5.56 Å². The van der Waals surface area contributed by atoms with Gasteiger partial charge < -0.3 is 4.74 Å². The summed E-state index contributed by atoms with van der Waals surface area (Å²) < 4.78 is 8.90. The van der Waals surface area contributed by atoms with Crippen LogP contribution in [0.1, 0.15) is 58.5 Å². The van der Waals surface area contributed by atoms with Crippen LogP contribution in [-0.4, -0.2) is 43.1 Å². The lowest BCUT2D eigenvalue weighted by molar-refractivity contribution is 0.0600. The van der Waals surface area contributed by atoms with Crippen LogP contribution >= 0.6 is 0 Å². The molecule has 9 nitrogen and oxygen atoms in total. The average Bonchev–Trinajstić information content (AvgIpc) is 3.67. The maximum atomic E-state index is 14.1. The molecule has 0 bridgehead atoms. The maximum Gasteiger partial charge on any atom is 0.337 e. The predicted molar refractivity (Wildman–Crippen MR) is 160 cm³/mol. The Morgan fingerprint density at radius 2 is 1.86 bits per heavy atom. The third-order valence-corrected chi connectivity index (χ3v) is 7.82. The van der Waals surface area contributed by atoms with Crippen molar-refractivity contribution in [1.82, 2.24) is 30.0 Å². The van der Waals surface area contributed by atoms with Crippen LogP contribution in [0.25, 0.3) is 22.5 Å². The average molecular weight is 561 g/mol. The zero-order valence-corrected chi connectivity index (χ0v) is 23.7. The molecule has 0 fully saturated rings. The quantitative estimate of drug-likeness (QED) is 0.192. The van der Waals surface area contributed by atoms with Gasteiger partial charge in [0, 0.05) is 23.2 Å². The van der Waals surface area contributed by atoms with E-state index in [-0.39, 0.29) is 11.6 Å². The second kappa shape index (κ2) is 11.8. The summed E-state index contributed by atoms with van der Waals surface area (Å²) in [4.78, 5) is 26.3. The van der Waals surface area contributed by atoms with Crippen molar-refractivity contribution in [3.8, 4) is 22.5 Å². The minimum Gasteiger partial charge on any atom is -0.465 e. The molecule has 0 saturated heterocycles. The van der Waals surface area contributed by atoms with Crippen molar-refractivity contribution >= 4 is 5.97 Å². The molecule has 1 N–H and O–H groups in total. The fourth-order valence-corrected chi connectivity index (χ4v) is 5.74. The number of ether oxygens (including phenoxy) is 1. The van der Waals surface area contributed by atoms with E-state index in [4.69, 9.17) is 4.74 Å². The Morgan fingerprint density at radius 3 is 2.60 bits per heavy atom. The number of nitrogens with zero attached hydrogens (tertiary/aromatic N) is 5. The highest BCUT2D eigenvalue weighted by molar-refractivity contribution is 5.89. The summed E-state index contributed by atoms with van der Waals surface area (Å²) in [5.41, 5.74) is 7.24. The molecule has 1 unspecified atom stereocenters. The Morgan fingerprint density at radius 1 is 1.05 bits per heavy atom. The van der Waals surface area contributed by atoms with Gasteiger partial charge in [-0.15, -0.1) is 10.2 Å². The molecule has 1 aliphatic rings. The highest BCUT2D eigenvalue weighted by Gasteiger charge is 2.27. The number of aromatic amines is 1. The van der Waals surface area contributed by atoms with Gasteiger partial charge in [0.05, 0.1) is 25.3 Å². The van der Waals surface area contributed by atoms with Crippen molar-refractivity contribution in [3.63, 3.8) is 0 Å². The summed E-state index contributed by atoms with van der Waals surface area (Å²) in [7, 11) is 1.37. The number of benzene rings is 3. The van der Waals surface area contributed by atoms with Crippen LogP contribution < -0.4 is 5.56 Å². The number of fused-ring (bicyclic) bond motifs is 1. The number of methoxy groups -OCH3 is 1. The van der Waals surface area contributed by atoms with Gasteiger partial charge in [0.1, 0.15) is 0 Å². The topological polar surface area (TPSA) is 108 Å². The number of aromatic nitrogens is 6. The van der Waals surface area contributed by atoms with Crippen molar-refractivity contribution in [2.45, 2.75) is 45.2 Å². The molecule has 1 aliphatic heterocycles. The second-order valence-electron chi connectivity index (χ2n) is 10.4. The van der Waals surface area contributed by atoms with E-state index in [1.165, 1.54) is 7.11 Å². The molecule has 212 valence electrons. The van der Waals surface area contributed by atoms with Gasteiger partial charge in [-0.05, 0) is 52.4 Å². The van der Waals surface area contributed by atoms with E-state index in [9.17, 15) is 9.59 Å². The number of carbonyl (C=O) groups is 1. The summed E-state index contributed by atoms with van der Waals surface area (Å²) in [5.74, 6) is 0.148. The first-order chi connectivity index (χ1) is 20.6. The van der Waals surface area contributed by atoms with Gasteiger partial charge in [-0.25, -0.2) is 9.48 Å². The van der Waals surface area contributed by atoms with Gasteiger partial charge in [-0.2, -0.15) is 5.21 Å². The number of hydrogen-bond acceptors (Lipinski definition) is 6. The van der Waals surface area contributed by atoms with E-state index >= 15 is 0 Å². The zero-order chi connectivity index (χ0) is 29.1. The van der Waals surface area contributed by atoms with Crippen molar-refractivity contribution < 1.29 is 9.53 Å². The van der Waals surface area contributed by atoms with Gasteiger partial charge >= 0.3 is 5.97 Å². The minimum atomic E-state index is -0.396. The molecule has 2 aromatic heterocycles. The molecule has 0 spiro atoms. The van der Waals surface area contributed by atoms with Crippen LogP contribution in [0.15, 0.2) is 89.7 Å². The number of carbonyl (C=O) groups excluding carboxylic acids is 1. The van der Waals surface area contributed by atoms with Crippen molar-refractivity contribution in [2.24, 2.45) is 0 Å². The first-order valence-electron chi connectivity index (χ1n) is 14.2. The number of allylic oxidation sites excluding steroid dienone is 2. The molecule has 0 aliphatic carbocycles. The van der Waals surface area contributed by atoms with Crippen LogP contribution in [0.3, 0.4) is 0 Å². The smallest absolute Gasteiger partial charge is 0.337 e. The third kappa shape index (κ3) is 5.09. The van der Waals surface area contributed by atoms with E-state index in [1.807, 2.05) is 53.2 Å². The molecule has 5 aromatic rings. The number of hydrogen-bond donors (Lipinski definition) is 1. The summed E-state index contributed by atoms with van der Waals surface area (Å²) in [6.07, 6.45) is 7.53. The fourth-order valence-electron chi connectivity index (χ4n) is 5.74. The van der Waals surface area contributed by atoms with Crippen molar-refractivity contribution in [1.29, 1.82) is 0 Å². The van der Waals surface area contributed by atoms with Crippen LogP contribution in [0, 0.1) is 0 Å². The molecule has 42 heavy (non-hydrogen) atoms. The van der Waals surface area contributed by atoms with Crippen LogP contribution in [0.4, 0.5) is 0 Å². The van der Waals surface area contributed by atoms with E-state index in [2.05, 4.69) is 62.6 Å². The molecular weight excluding hydrogens is 528 g/mol. The van der Waals surface area contributed by atoms with Crippen molar-refractivity contribution in [3.05, 3.63) is 123 Å². The third-order valence-electron chi connectivity index (χ3n) is 7.82. The number of nitrogens with one attached hydrogen (secondary N) is 1. The second-order valence-corrected chi connectivity index (χ2v) is 10.4. The van der Waals surface area contributed by atoms with E-state index in [0.29, 0.717) is 24.4 Å². The Bertz CT molecular complexity index is 1800. The standard InChI is InChI=1S/C33H32N6O3/c1-3-4-13-30-28(20-22-15-17-23(18-16-22)26-11-5-6-12-27(26)31-34-36-37-35-31)32(40)39-29(14-8-19-38(30)39)24-9-7-10-25(21-24)33(41)42-2/h5-12,14-18,21,29H,3-4,13,19-20H2,1-2H3,(H,34,35,36,37). The molecular formula is C33H32N6O3. The lowest BCUT2D eigenvalue weighted by Crippen LogP contribution is -2.31. The molecule has 3 heterocycles. The van der Waals surface area contributed by atoms with Gasteiger partial charge in [0.2, 0.25) is 5.82 Å². The number of tetrazole rings is 1. The Balaban J connectivity index is 1.36. The fraction of sp³-hybridized carbons (Fsp3) is 0.242. The monoisotopic (exact) mass is 560 g/mol. The molecule has 0 amide bonds. The zero-order valence-electron chi connectivity index (χ0n) is 23.7. The van der Waals surface area contributed by atoms with E-state index < -0.39 is 5.97 Å². The number of unbranched alkanes of at least 4 members (excludes halogenated alkanes) is 1. The normalized spacial score (nSPS) is 14.1. The highest BCUT2D eigenvalue weighted by Crippen LogP contribution is 2.31. The largest absolute Gasteiger partial charge is 0.465 e. The molecule has 0 radical (unpaired) electrons. The van der Waals surface area contributed by atoms with Crippen LogP contribution in [0.5, 0.6) is 0 Å². The van der Waals surface area contributed by atoms with E-state index in [0.717, 1.165) is 58.3 Å². The molecule has 6 rings (SSSR count). The van der Waals surface area contributed by atoms with Crippen LogP contribution in [0.2, 0.25) is 0 Å². The minimum absolute atomic E-state index is 0.00505. The van der Waals surface area contributed by atoms with Crippen molar-refractivity contribution in [2.75, 3.05) is 7.11 Å².